The molecule has 0 saturated carbocycles. The summed E-state index contributed by atoms with van der Waals surface area (Å²) < 4.78 is 2.21. The molecule has 8 heteroatoms. The van der Waals surface area contributed by atoms with E-state index in [0.29, 0.717) is 23.1 Å². The Bertz CT molecular complexity index is 1420. The third-order valence-corrected chi connectivity index (χ3v) is 7.28. The lowest BCUT2D eigenvalue weighted by Crippen LogP contribution is -2.32. The molecule has 37 heavy (non-hydrogen) atoms. The zero-order chi connectivity index (χ0) is 25.9. The number of aryl methyl sites for hydroxylation is 1. The SMILES string of the molecule is Cc1cc(C2C(c3ccccn3)NC(=S)N2CCC(=O)Nc2ccccc2)c(C)n1-c1cccc(Cl)c1. The molecule has 2 aromatic heterocycles. The third-order valence-electron chi connectivity index (χ3n) is 6.69. The van der Waals surface area contributed by atoms with Gasteiger partial charge in [0.15, 0.2) is 5.11 Å². The van der Waals surface area contributed by atoms with E-state index in [2.05, 4.69) is 51.1 Å². The lowest BCUT2D eigenvalue weighted by Gasteiger charge is -2.28. The fourth-order valence-corrected chi connectivity index (χ4v) is 5.57. The van der Waals surface area contributed by atoms with Crippen molar-refractivity contribution >= 4 is 40.5 Å². The lowest BCUT2D eigenvalue weighted by atomic mass is 9.96. The predicted molar refractivity (Wildman–Crippen MR) is 152 cm³/mol. The summed E-state index contributed by atoms with van der Waals surface area (Å²) in [5.74, 6) is -0.0570. The van der Waals surface area contributed by atoms with E-state index in [1.54, 1.807) is 6.20 Å². The van der Waals surface area contributed by atoms with Crippen LogP contribution in [-0.2, 0) is 4.79 Å². The Morgan fingerprint density at radius 3 is 2.57 bits per heavy atom. The molecule has 2 N–H and O–H groups in total. The maximum atomic E-state index is 12.8. The molecule has 4 aromatic rings. The monoisotopic (exact) mass is 529 g/mol. The Morgan fingerprint density at radius 2 is 1.84 bits per heavy atom. The van der Waals surface area contributed by atoms with Crippen molar-refractivity contribution in [1.82, 2.24) is 19.8 Å². The quantitative estimate of drug-likeness (QED) is 0.281. The Hall–Kier alpha value is -3.68. The van der Waals surface area contributed by atoms with Gasteiger partial charge in [-0.3, -0.25) is 9.78 Å². The first kappa shape index (κ1) is 25.0. The number of carbonyl (C=O) groups excluding carboxylic acids is 1. The van der Waals surface area contributed by atoms with Crippen LogP contribution in [0.2, 0.25) is 5.02 Å². The topological polar surface area (TPSA) is 62.2 Å². The zero-order valence-electron chi connectivity index (χ0n) is 20.7. The second kappa shape index (κ2) is 10.7. The second-order valence-corrected chi connectivity index (χ2v) is 9.95. The molecule has 1 amide bonds. The number of pyridine rings is 1. The van der Waals surface area contributed by atoms with Crippen LogP contribution in [0.5, 0.6) is 0 Å². The van der Waals surface area contributed by atoms with Gasteiger partial charge in [0.05, 0.1) is 17.8 Å². The molecule has 0 bridgehead atoms. The Kier molecular flexibility index (Phi) is 7.26. The molecular weight excluding hydrogens is 502 g/mol. The maximum absolute atomic E-state index is 12.8. The molecule has 0 aliphatic carbocycles. The summed E-state index contributed by atoms with van der Waals surface area (Å²) in [6.45, 7) is 4.67. The summed E-state index contributed by atoms with van der Waals surface area (Å²) in [5, 5.41) is 7.75. The average molecular weight is 530 g/mol. The number of para-hydroxylation sites is 1. The van der Waals surface area contributed by atoms with Crippen LogP contribution in [0, 0.1) is 13.8 Å². The molecule has 1 aliphatic rings. The zero-order valence-corrected chi connectivity index (χ0v) is 22.3. The summed E-state index contributed by atoms with van der Waals surface area (Å²) in [7, 11) is 0. The van der Waals surface area contributed by atoms with Gasteiger partial charge >= 0.3 is 0 Å². The molecule has 0 spiro atoms. The number of hydrogen-bond acceptors (Lipinski definition) is 3. The highest BCUT2D eigenvalue weighted by Gasteiger charge is 2.41. The van der Waals surface area contributed by atoms with Crippen LogP contribution in [0.15, 0.2) is 85.1 Å². The first-order chi connectivity index (χ1) is 17.9. The molecule has 6 nitrogen and oxygen atoms in total. The van der Waals surface area contributed by atoms with E-state index in [4.69, 9.17) is 23.8 Å². The van der Waals surface area contributed by atoms with Crippen LogP contribution in [0.4, 0.5) is 5.69 Å². The summed E-state index contributed by atoms with van der Waals surface area (Å²) in [5.41, 5.74) is 6.00. The summed E-state index contributed by atoms with van der Waals surface area (Å²) in [6.07, 6.45) is 2.09. The molecule has 1 aliphatic heterocycles. The second-order valence-electron chi connectivity index (χ2n) is 9.13. The number of nitrogens with one attached hydrogen (secondary N) is 2. The Morgan fingerprint density at radius 1 is 1.05 bits per heavy atom. The van der Waals surface area contributed by atoms with Crippen molar-refractivity contribution in [3.8, 4) is 5.69 Å². The van der Waals surface area contributed by atoms with Gasteiger partial charge < -0.3 is 20.1 Å². The highest BCUT2D eigenvalue weighted by molar-refractivity contribution is 7.80. The number of thiocarbonyl (C=S) groups is 1. The average Bonchev–Trinajstić information content (AvgIpc) is 3.38. The molecule has 2 atom stereocenters. The first-order valence-electron chi connectivity index (χ1n) is 12.2. The van der Waals surface area contributed by atoms with Crippen LogP contribution >= 0.6 is 23.8 Å². The minimum Gasteiger partial charge on any atom is -0.352 e. The van der Waals surface area contributed by atoms with Gasteiger partial charge in [0.1, 0.15) is 0 Å². The van der Waals surface area contributed by atoms with E-state index in [1.807, 2.05) is 66.7 Å². The van der Waals surface area contributed by atoms with Crippen molar-refractivity contribution < 1.29 is 4.79 Å². The van der Waals surface area contributed by atoms with E-state index in [-0.39, 0.29) is 18.0 Å². The Balaban J connectivity index is 1.48. The standard InChI is InChI=1S/C29H28ClN5OS/c1-19-17-24(20(2)35(19)23-12-8-9-21(30)18-23)28-27(25-13-6-7-15-31-25)33-29(37)34(28)16-14-26(36)32-22-10-4-3-5-11-22/h3-13,15,17-18,27-28H,14,16H2,1-2H3,(H,32,36)(H,33,37). The molecule has 1 fully saturated rings. The highest BCUT2D eigenvalue weighted by atomic mass is 35.5. The van der Waals surface area contributed by atoms with Crippen molar-refractivity contribution in [3.63, 3.8) is 0 Å². The number of amides is 1. The first-order valence-corrected chi connectivity index (χ1v) is 13.0. The molecule has 2 unspecified atom stereocenters. The number of aromatic nitrogens is 2. The minimum absolute atomic E-state index is 0.0570. The van der Waals surface area contributed by atoms with E-state index < -0.39 is 0 Å². The summed E-state index contributed by atoms with van der Waals surface area (Å²) in [6, 6.07) is 25.1. The minimum atomic E-state index is -0.154. The molecule has 1 saturated heterocycles. The van der Waals surface area contributed by atoms with Crippen LogP contribution in [-0.4, -0.2) is 32.0 Å². The predicted octanol–water partition coefficient (Wildman–Crippen LogP) is 6.14. The van der Waals surface area contributed by atoms with Gasteiger partial charge in [0.2, 0.25) is 5.91 Å². The number of nitrogens with zero attached hydrogens (tertiary/aromatic N) is 3. The van der Waals surface area contributed by atoms with Gasteiger partial charge in [-0.2, -0.15) is 0 Å². The Labute approximate surface area is 227 Å². The van der Waals surface area contributed by atoms with Crippen molar-refractivity contribution in [2.24, 2.45) is 0 Å². The van der Waals surface area contributed by atoms with Gasteiger partial charge in [-0.1, -0.05) is 41.9 Å². The third kappa shape index (κ3) is 5.24. The van der Waals surface area contributed by atoms with Gasteiger partial charge in [0, 0.05) is 46.9 Å². The largest absolute Gasteiger partial charge is 0.352 e. The van der Waals surface area contributed by atoms with Gasteiger partial charge in [0.25, 0.3) is 0 Å². The van der Waals surface area contributed by atoms with E-state index >= 15 is 0 Å². The van der Waals surface area contributed by atoms with E-state index in [1.165, 1.54) is 0 Å². The van der Waals surface area contributed by atoms with Gasteiger partial charge in [-0.25, -0.2) is 0 Å². The molecular formula is C29H28ClN5OS. The number of hydrogen-bond donors (Lipinski definition) is 2. The van der Waals surface area contributed by atoms with E-state index in [0.717, 1.165) is 34.0 Å². The lowest BCUT2D eigenvalue weighted by molar-refractivity contribution is -0.116. The van der Waals surface area contributed by atoms with Crippen molar-refractivity contribution in [2.75, 3.05) is 11.9 Å². The summed E-state index contributed by atoms with van der Waals surface area (Å²) >= 11 is 12.1. The number of benzene rings is 2. The smallest absolute Gasteiger partial charge is 0.226 e. The van der Waals surface area contributed by atoms with Gasteiger partial charge in [-0.15, -0.1) is 0 Å². The summed E-state index contributed by atoms with van der Waals surface area (Å²) in [4.78, 5) is 19.5. The van der Waals surface area contributed by atoms with Crippen LogP contribution in [0.1, 0.15) is 41.1 Å². The van der Waals surface area contributed by atoms with Crippen LogP contribution < -0.4 is 10.6 Å². The van der Waals surface area contributed by atoms with Crippen LogP contribution in [0.25, 0.3) is 5.69 Å². The number of anilines is 1. The highest BCUT2D eigenvalue weighted by Crippen LogP contribution is 2.41. The van der Waals surface area contributed by atoms with Gasteiger partial charge in [-0.05, 0) is 80.2 Å². The molecule has 5 rings (SSSR count). The normalized spacial score (nSPS) is 17.1. The maximum Gasteiger partial charge on any atom is 0.226 e. The number of carbonyl (C=O) groups is 1. The molecule has 0 radical (unpaired) electrons. The fourth-order valence-electron chi connectivity index (χ4n) is 5.05. The van der Waals surface area contributed by atoms with E-state index in [9.17, 15) is 4.79 Å². The number of rotatable bonds is 7. The van der Waals surface area contributed by atoms with Crippen molar-refractivity contribution in [3.05, 3.63) is 113 Å². The number of halogens is 1. The van der Waals surface area contributed by atoms with Crippen LogP contribution in [0.3, 0.4) is 0 Å². The molecule has 3 heterocycles. The van der Waals surface area contributed by atoms with Crippen molar-refractivity contribution in [2.45, 2.75) is 32.4 Å². The van der Waals surface area contributed by atoms with Crippen molar-refractivity contribution in [1.29, 1.82) is 0 Å². The fraction of sp³-hybridized carbons (Fsp3) is 0.207. The molecule has 188 valence electrons. The molecule has 2 aromatic carbocycles.